The number of nitrogens with zero attached hydrogens (tertiary/aromatic N) is 1. The van der Waals surface area contributed by atoms with E-state index in [0.717, 1.165) is 42.4 Å². The molecule has 1 aliphatic carbocycles. The van der Waals surface area contributed by atoms with E-state index in [1.807, 2.05) is 32.0 Å². The molecule has 1 aromatic heterocycles. The molecule has 0 amide bonds. The van der Waals surface area contributed by atoms with Gasteiger partial charge in [0, 0.05) is 5.56 Å². The van der Waals surface area contributed by atoms with Crippen LogP contribution in [0, 0.1) is 13.8 Å². The van der Waals surface area contributed by atoms with E-state index >= 15 is 0 Å². The van der Waals surface area contributed by atoms with Crippen LogP contribution in [0.25, 0.3) is 11.4 Å². The number of nitrogens with one attached hydrogen (secondary N) is 1. The summed E-state index contributed by atoms with van der Waals surface area (Å²) in [6.45, 7) is 3.96. The Bertz CT molecular complexity index is 728. The van der Waals surface area contributed by atoms with Crippen molar-refractivity contribution in [2.45, 2.75) is 45.4 Å². The van der Waals surface area contributed by atoms with Gasteiger partial charge in [-0.25, -0.2) is 0 Å². The third-order valence-corrected chi connectivity index (χ3v) is 4.35. The van der Waals surface area contributed by atoms with Crippen LogP contribution >= 0.6 is 0 Å². The quantitative estimate of drug-likeness (QED) is 0.888. The Hall–Kier alpha value is -2.10. The molecule has 4 heteroatoms. The Balaban J connectivity index is 2.10. The minimum atomic E-state index is -0.203. The summed E-state index contributed by atoms with van der Waals surface area (Å²) in [5.41, 5.74) is 3.24. The Labute approximate surface area is 123 Å². The topological polar surface area (TPSA) is 66.0 Å². The first-order chi connectivity index (χ1) is 10.1. The molecule has 1 fully saturated rings. The zero-order valence-electron chi connectivity index (χ0n) is 12.4. The molecule has 0 bridgehead atoms. The van der Waals surface area contributed by atoms with Crippen LogP contribution in [0.3, 0.4) is 0 Å². The molecule has 1 saturated carbocycles. The van der Waals surface area contributed by atoms with E-state index < -0.39 is 0 Å². The van der Waals surface area contributed by atoms with Gasteiger partial charge in [0.05, 0.1) is 5.56 Å². The maximum absolute atomic E-state index is 12.4. The van der Waals surface area contributed by atoms with Crippen LogP contribution in [-0.2, 0) is 0 Å². The van der Waals surface area contributed by atoms with Crippen molar-refractivity contribution in [3.63, 3.8) is 0 Å². The van der Waals surface area contributed by atoms with Crippen LogP contribution < -0.4 is 5.56 Å². The van der Waals surface area contributed by atoms with Crippen LogP contribution in [0.4, 0.5) is 0 Å². The smallest absolute Gasteiger partial charge is 0.258 e. The number of aromatic amines is 1. The van der Waals surface area contributed by atoms with Crippen molar-refractivity contribution in [2.75, 3.05) is 0 Å². The molecule has 0 radical (unpaired) electrons. The highest BCUT2D eigenvalue weighted by Crippen LogP contribution is 2.36. The van der Waals surface area contributed by atoms with Crippen LogP contribution in [0.15, 0.2) is 23.0 Å². The fourth-order valence-corrected chi connectivity index (χ4v) is 3.17. The van der Waals surface area contributed by atoms with Crippen molar-refractivity contribution in [2.24, 2.45) is 0 Å². The maximum atomic E-state index is 12.4. The van der Waals surface area contributed by atoms with E-state index in [4.69, 9.17) is 0 Å². The summed E-state index contributed by atoms with van der Waals surface area (Å²) < 4.78 is 0. The highest BCUT2D eigenvalue weighted by atomic mass is 16.3. The van der Waals surface area contributed by atoms with Crippen LogP contribution in [0.1, 0.15) is 48.3 Å². The molecule has 21 heavy (non-hydrogen) atoms. The van der Waals surface area contributed by atoms with Crippen molar-refractivity contribution in [3.05, 3.63) is 45.2 Å². The third kappa shape index (κ3) is 2.58. The second kappa shape index (κ2) is 5.35. The predicted octanol–water partition coefficient (Wildman–Crippen LogP) is 3.42. The monoisotopic (exact) mass is 284 g/mol. The third-order valence-electron chi connectivity index (χ3n) is 4.35. The molecular formula is C17H20N2O2. The Kier molecular flexibility index (Phi) is 3.53. The fourth-order valence-electron chi connectivity index (χ4n) is 3.17. The number of rotatable bonds is 2. The van der Waals surface area contributed by atoms with Gasteiger partial charge in [0.2, 0.25) is 5.88 Å². The minimum absolute atomic E-state index is 0.110. The van der Waals surface area contributed by atoms with Gasteiger partial charge >= 0.3 is 0 Å². The van der Waals surface area contributed by atoms with Gasteiger partial charge in [-0.1, -0.05) is 30.5 Å². The second-order valence-electron chi connectivity index (χ2n) is 5.95. The molecule has 4 nitrogen and oxygen atoms in total. The largest absolute Gasteiger partial charge is 0.493 e. The Morgan fingerprint density at radius 3 is 2.62 bits per heavy atom. The molecule has 2 N–H and O–H groups in total. The first-order valence-electron chi connectivity index (χ1n) is 7.47. The Morgan fingerprint density at radius 1 is 1.24 bits per heavy atom. The molecule has 0 atom stereocenters. The van der Waals surface area contributed by atoms with Crippen molar-refractivity contribution < 1.29 is 5.11 Å². The summed E-state index contributed by atoms with van der Waals surface area (Å²) in [4.78, 5) is 19.5. The van der Waals surface area contributed by atoms with E-state index in [9.17, 15) is 9.90 Å². The average molecular weight is 284 g/mol. The van der Waals surface area contributed by atoms with Gasteiger partial charge in [-0.05, 0) is 44.2 Å². The number of aromatic hydroxyl groups is 1. The van der Waals surface area contributed by atoms with Crippen LogP contribution in [-0.4, -0.2) is 15.1 Å². The molecule has 0 saturated heterocycles. The molecule has 0 spiro atoms. The van der Waals surface area contributed by atoms with E-state index in [2.05, 4.69) is 9.97 Å². The number of H-pyrrole nitrogens is 1. The maximum Gasteiger partial charge on any atom is 0.258 e. The van der Waals surface area contributed by atoms with Gasteiger partial charge < -0.3 is 10.1 Å². The molecule has 110 valence electrons. The summed E-state index contributed by atoms with van der Waals surface area (Å²) in [6.07, 6.45) is 4.15. The number of hydrogen-bond donors (Lipinski definition) is 2. The molecule has 1 aliphatic rings. The van der Waals surface area contributed by atoms with Crippen LogP contribution in [0.5, 0.6) is 5.88 Å². The molecule has 1 aromatic carbocycles. The van der Waals surface area contributed by atoms with Crippen molar-refractivity contribution >= 4 is 0 Å². The van der Waals surface area contributed by atoms with Crippen molar-refractivity contribution in [3.8, 4) is 17.3 Å². The number of hydrogen-bond acceptors (Lipinski definition) is 3. The van der Waals surface area contributed by atoms with E-state index in [1.54, 1.807) is 0 Å². The van der Waals surface area contributed by atoms with Crippen molar-refractivity contribution in [1.29, 1.82) is 0 Å². The zero-order chi connectivity index (χ0) is 15.0. The van der Waals surface area contributed by atoms with Crippen LogP contribution in [0.2, 0.25) is 0 Å². The molecule has 2 aromatic rings. The summed E-state index contributed by atoms with van der Waals surface area (Å²) >= 11 is 0. The number of aromatic nitrogens is 2. The van der Waals surface area contributed by atoms with Gasteiger partial charge in [0.15, 0.2) is 0 Å². The normalized spacial score (nSPS) is 15.5. The lowest BCUT2D eigenvalue weighted by Gasteiger charge is -2.12. The van der Waals surface area contributed by atoms with E-state index in [1.165, 1.54) is 0 Å². The number of aryl methyl sites for hydroxylation is 2. The molecule has 0 aliphatic heterocycles. The predicted molar refractivity (Wildman–Crippen MR) is 82.6 cm³/mol. The standard InChI is InChI=1S/C17H20N2O2/c1-10-7-8-11(2)13(9-10)15-18-16(20)14(17(21)19-15)12-5-3-4-6-12/h7-9,12H,3-6H2,1-2H3,(H2,18,19,20,21). The van der Waals surface area contributed by atoms with Gasteiger partial charge in [-0.3, -0.25) is 4.79 Å². The fraction of sp³-hybridized carbons (Fsp3) is 0.412. The molecule has 0 unspecified atom stereocenters. The molecular weight excluding hydrogens is 264 g/mol. The van der Waals surface area contributed by atoms with Gasteiger partial charge in [-0.15, -0.1) is 0 Å². The summed E-state index contributed by atoms with van der Waals surface area (Å²) in [5, 5.41) is 10.2. The molecule has 3 rings (SSSR count). The lowest BCUT2D eigenvalue weighted by Crippen LogP contribution is -2.17. The summed E-state index contributed by atoms with van der Waals surface area (Å²) in [5.74, 6) is 0.482. The highest BCUT2D eigenvalue weighted by molar-refractivity contribution is 5.61. The Morgan fingerprint density at radius 2 is 1.95 bits per heavy atom. The average Bonchev–Trinajstić information content (AvgIpc) is 2.94. The zero-order valence-corrected chi connectivity index (χ0v) is 12.4. The van der Waals surface area contributed by atoms with Gasteiger partial charge in [-0.2, -0.15) is 4.98 Å². The lowest BCUT2D eigenvalue weighted by molar-refractivity contribution is 0.436. The summed E-state index contributed by atoms with van der Waals surface area (Å²) in [7, 11) is 0. The van der Waals surface area contributed by atoms with Gasteiger partial charge in [0.25, 0.3) is 5.56 Å². The number of benzene rings is 1. The van der Waals surface area contributed by atoms with Gasteiger partial charge in [0.1, 0.15) is 5.82 Å². The first-order valence-corrected chi connectivity index (χ1v) is 7.47. The van der Waals surface area contributed by atoms with E-state index in [0.29, 0.717) is 11.4 Å². The molecule has 1 heterocycles. The highest BCUT2D eigenvalue weighted by Gasteiger charge is 2.24. The SMILES string of the molecule is Cc1ccc(C)c(-c2nc(O)c(C3CCCC3)c(=O)[nH]2)c1. The van der Waals surface area contributed by atoms with Crippen molar-refractivity contribution in [1.82, 2.24) is 9.97 Å². The lowest BCUT2D eigenvalue weighted by atomic mass is 9.99. The van der Waals surface area contributed by atoms with E-state index in [-0.39, 0.29) is 17.4 Å². The minimum Gasteiger partial charge on any atom is -0.493 e. The second-order valence-corrected chi connectivity index (χ2v) is 5.95. The summed E-state index contributed by atoms with van der Waals surface area (Å²) in [6, 6.07) is 5.98. The first kappa shape index (κ1) is 13.9.